The third-order valence-electron chi connectivity index (χ3n) is 4.02. The highest BCUT2D eigenvalue weighted by Gasteiger charge is 2.71. The monoisotopic (exact) mass is 488 g/mol. The molecule has 168 valence electrons. The van der Waals surface area contributed by atoms with E-state index in [0.29, 0.717) is 0 Å². The molecule has 0 spiro atoms. The second kappa shape index (κ2) is 9.27. The fourth-order valence-electron chi connectivity index (χ4n) is 3.51. The van der Waals surface area contributed by atoms with E-state index < -0.39 is 76.9 Å². The van der Waals surface area contributed by atoms with E-state index in [4.69, 9.17) is 0 Å². The lowest BCUT2D eigenvalue weighted by Crippen LogP contribution is -2.65. The van der Waals surface area contributed by atoms with Crippen molar-refractivity contribution in [2.75, 3.05) is 28.8 Å². The maximum Gasteiger partial charge on any atom is 0.278 e. The molecular formula is C17H28O8S4. The van der Waals surface area contributed by atoms with Gasteiger partial charge >= 0.3 is 0 Å². The third-order valence-corrected chi connectivity index (χ3v) is 16.6. The summed E-state index contributed by atoms with van der Waals surface area (Å²) in [6.45, 7) is 15.1. The Bertz CT molecular complexity index is 976. The Labute approximate surface area is 174 Å². The van der Waals surface area contributed by atoms with E-state index in [1.165, 1.54) is 0 Å². The Morgan fingerprint density at radius 2 is 0.862 bits per heavy atom. The third kappa shape index (κ3) is 5.09. The van der Waals surface area contributed by atoms with Crippen molar-refractivity contribution in [3.63, 3.8) is 0 Å². The summed E-state index contributed by atoms with van der Waals surface area (Å²) in [6, 6.07) is 0. The van der Waals surface area contributed by atoms with Crippen LogP contribution in [0.1, 0.15) is 13.8 Å². The maximum atomic E-state index is 13.3. The number of rotatable bonds is 14. The maximum absolute atomic E-state index is 13.3. The SMILES string of the molecule is C=CCS(=O)(=O)CC(C)(C)C(S(=O)(=O)CC=C)(S(=O)(=O)CC=C)S(=O)(=O)CC=C. The molecule has 0 saturated heterocycles. The second-order valence-electron chi connectivity index (χ2n) is 6.99. The Morgan fingerprint density at radius 1 is 0.586 bits per heavy atom. The molecule has 0 atom stereocenters. The second-order valence-corrected chi connectivity index (χ2v) is 16.4. The first-order chi connectivity index (χ1) is 12.9. The highest BCUT2D eigenvalue weighted by molar-refractivity contribution is 8.26. The summed E-state index contributed by atoms with van der Waals surface area (Å²) in [7, 11) is -19.1. The summed E-state index contributed by atoms with van der Waals surface area (Å²) in [6.07, 6.45) is 3.60. The molecular weight excluding hydrogens is 460 g/mol. The van der Waals surface area contributed by atoms with Crippen LogP contribution in [0, 0.1) is 5.41 Å². The lowest BCUT2D eigenvalue weighted by Gasteiger charge is -2.43. The smallest absolute Gasteiger partial charge is 0.228 e. The summed E-state index contributed by atoms with van der Waals surface area (Å²) in [5, 5.41) is 0. The van der Waals surface area contributed by atoms with Gasteiger partial charge in [0.25, 0.3) is 3.41 Å². The van der Waals surface area contributed by atoms with E-state index in [0.717, 1.165) is 38.2 Å². The van der Waals surface area contributed by atoms with Crippen molar-refractivity contribution < 1.29 is 33.7 Å². The van der Waals surface area contributed by atoms with Gasteiger partial charge in [-0.1, -0.05) is 38.2 Å². The van der Waals surface area contributed by atoms with Gasteiger partial charge in [0.15, 0.2) is 39.3 Å². The van der Waals surface area contributed by atoms with Gasteiger partial charge in [-0.15, -0.1) is 26.3 Å². The predicted molar refractivity (Wildman–Crippen MR) is 117 cm³/mol. The molecule has 0 unspecified atom stereocenters. The van der Waals surface area contributed by atoms with E-state index in [-0.39, 0.29) is 0 Å². The fourth-order valence-corrected chi connectivity index (χ4v) is 15.8. The number of hydrogen-bond donors (Lipinski definition) is 0. The van der Waals surface area contributed by atoms with Crippen molar-refractivity contribution in [1.29, 1.82) is 0 Å². The molecule has 0 amide bonds. The Hall–Kier alpha value is -1.24. The number of sulfone groups is 4. The minimum atomic E-state index is -5.02. The molecule has 0 heterocycles. The zero-order valence-corrected chi connectivity index (χ0v) is 19.8. The van der Waals surface area contributed by atoms with Crippen molar-refractivity contribution in [3.8, 4) is 0 Å². The van der Waals surface area contributed by atoms with Gasteiger partial charge in [-0.2, -0.15) is 0 Å². The molecule has 0 aliphatic carbocycles. The van der Waals surface area contributed by atoms with Crippen LogP contribution >= 0.6 is 0 Å². The minimum absolute atomic E-state index is 0.586. The van der Waals surface area contributed by atoms with E-state index in [9.17, 15) is 33.7 Å². The van der Waals surface area contributed by atoms with Crippen molar-refractivity contribution in [2.24, 2.45) is 5.41 Å². The van der Waals surface area contributed by atoms with Crippen LogP contribution in [0.4, 0.5) is 0 Å². The van der Waals surface area contributed by atoms with E-state index in [2.05, 4.69) is 26.3 Å². The van der Waals surface area contributed by atoms with Crippen LogP contribution in [-0.2, 0) is 39.3 Å². The molecule has 0 aromatic rings. The predicted octanol–water partition coefficient (Wildman–Crippen LogP) is 1.07. The van der Waals surface area contributed by atoms with Crippen molar-refractivity contribution >= 4 is 39.3 Å². The summed E-state index contributed by atoms with van der Waals surface area (Å²) >= 11 is 0. The molecule has 0 N–H and O–H groups in total. The van der Waals surface area contributed by atoms with Crippen LogP contribution in [0.15, 0.2) is 50.6 Å². The Morgan fingerprint density at radius 3 is 1.10 bits per heavy atom. The molecule has 29 heavy (non-hydrogen) atoms. The topological polar surface area (TPSA) is 137 Å². The molecule has 0 saturated carbocycles. The van der Waals surface area contributed by atoms with Crippen molar-refractivity contribution in [2.45, 2.75) is 17.3 Å². The average Bonchev–Trinajstić information content (AvgIpc) is 2.43. The van der Waals surface area contributed by atoms with Crippen LogP contribution in [-0.4, -0.2) is 65.8 Å². The van der Waals surface area contributed by atoms with Crippen LogP contribution in [0.25, 0.3) is 0 Å². The summed E-state index contributed by atoms with van der Waals surface area (Å²) in [5.74, 6) is -4.60. The molecule has 0 fully saturated rings. The van der Waals surface area contributed by atoms with E-state index in [1.54, 1.807) is 0 Å². The molecule has 12 heteroatoms. The Kier molecular flexibility index (Phi) is 8.88. The van der Waals surface area contributed by atoms with Gasteiger partial charge in [0.05, 0.1) is 28.8 Å². The largest absolute Gasteiger partial charge is 0.278 e. The molecule has 0 aliphatic rings. The van der Waals surface area contributed by atoms with E-state index >= 15 is 0 Å². The molecule has 8 nitrogen and oxygen atoms in total. The van der Waals surface area contributed by atoms with Crippen molar-refractivity contribution in [1.82, 2.24) is 0 Å². The molecule has 0 aromatic heterocycles. The van der Waals surface area contributed by atoms with Gasteiger partial charge in [-0.05, 0) is 0 Å². The van der Waals surface area contributed by atoms with Crippen LogP contribution in [0.2, 0.25) is 0 Å². The Balaban J connectivity index is 7.75. The van der Waals surface area contributed by atoms with Crippen molar-refractivity contribution in [3.05, 3.63) is 50.6 Å². The zero-order chi connectivity index (χ0) is 23.4. The first-order valence-electron chi connectivity index (χ1n) is 8.26. The molecule has 0 bridgehead atoms. The fraction of sp³-hybridized carbons (Fsp3) is 0.529. The summed E-state index contributed by atoms with van der Waals surface area (Å²) in [4.78, 5) is 0. The van der Waals surface area contributed by atoms with Gasteiger partial charge < -0.3 is 0 Å². The molecule has 0 radical (unpaired) electrons. The molecule has 0 aliphatic heterocycles. The first kappa shape index (κ1) is 27.8. The van der Waals surface area contributed by atoms with Gasteiger partial charge in [-0.25, -0.2) is 33.7 Å². The summed E-state index contributed by atoms with van der Waals surface area (Å²) in [5.41, 5.74) is -2.29. The van der Waals surface area contributed by atoms with Crippen LogP contribution < -0.4 is 0 Å². The van der Waals surface area contributed by atoms with Crippen LogP contribution in [0.5, 0.6) is 0 Å². The normalized spacial score (nSPS) is 14.1. The average molecular weight is 489 g/mol. The number of hydrogen-bond acceptors (Lipinski definition) is 8. The minimum Gasteiger partial charge on any atom is -0.228 e. The highest BCUT2D eigenvalue weighted by Crippen LogP contribution is 2.49. The lowest BCUT2D eigenvalue weighted by atomic mass is 9.99. The highest BCUT2D eigenvalue weighted by atomic mass is 32.3. The lowest BCUT2D eigenvalue weighted by molar-refractivity contribution is 0.389. The standard InChI is InChI=1S/C17H28O8S4/c1-7-11-26(18,19)15-16(5,6)17(27(20,21)12-8-2,28(22,23)13-9-3)29(24,25)14-10-4/h7-10H,1-4,11-15H2,5-6H3. The van der Waals surface area contributed by atoms with Gasteiger partial charge in [0.2, 0.25) is 0 Å². The molecule has 0 aromatic carbocycles. The summed E-state index contributed by atoms with van der Waals surface area (Å²) < 4.78 is 101. The van der Waals surface area contributed by atoms with E-state index in [1.807, 2.05) is 0 Å². The molecule has 0 rings (SSSR count). The quantitative estimate of drug-likeness (QED) is 0.331. The van der Waals surface area contributed by atoms with Gasteiger partial charge in [0, 0.05) is 5.41 Å². The first-order valence-corrected chi connectivity index (χ1v) is 15.0. The van der Waals surface area contributed by atoms with Gasteiger partial charge in [-0.3, -0.25) is 0 Å². The van der Waals surface area contributed by atoms with Gasteiger partial charge in [0.1, 0.15) is 0 Å². The van der Waals surface area contributed by atoms with Crippen LogP contribution in [0.3, 0.4) is 0 Å². The zero-order valence-electron chi connectivity index (χ0n) is 16.6.